The highest BCUT2D eigenvalue weighted by Gasteiger charge is 2.25. The largest absolute Gasteiger partial charge is 0.501 e. The molecule has 1 saturated heterocycles. The van der Waals surface area contributed by atoms with Crippen LogP contribution in [0.5, 0.6) is 5.75 Å². The molecule has 26 heavy (non-hydrogen) atoms. The molecule has 1 atom stereocenters. The van der Waals surface area contributed by atoms with Crippen molar-refractivity contribution in [3.8, 4) is 5.75 Å². The molecule has 6 nitrogen and oxygen atoms in total. The molecule has 1 aliphatic rings. The van der Waals surface area contributed by atoms with Crippen molar-refractivity contribution in [2.45, 2.75) is 38.1 Å². The molecule has 1 aromatic heterocycles. The number of rotatable bonds is 5. The first kappa shape index (κ1) is 18.3. The van der Waals surface area contributed by atoms with Crippen LogP contribution in [0.25, 0.3) is 0 Å². The van der Waals surface area contributed by atoms with E-state index < -0.39 is 17.1 Å². The van der Waals surface area contributed by atoms with Crippen LogP contribution >= 0.6 is 0 Å². The zero-order chi connectivity index (χ0) is 18.7. The van der Waals surface area contributed by atoms with Gasteiger partial charge in [0.25, 0.3) is 5.56 Å². The molecule has 2 N–H and O–H groups in total. The minimum absolute atomic E-state index is 0.0803. The Morgan fingerprint density at radius 2 is 2.08 bits per heavy atom. The fourth-order valence-electron chi connectivity index (χ4n) is 3.21. The summed E-state index contributed by atoms with van der Waals surface area (Å²) in [7, 11) is 1.55. The second kappa shape index (κ2) is 7.78. The summed E-state index contributed by atoms with van der Waals surface area (Å²) in [6.45, 7) is 0.829. The number of carbonyl (C=O) groups is 1. The lowest BCUT2D eigenvalue weighted by molar-refractivity contribution is 0.0973. The molecule has 0 amide bonds. The van der Waals surface area contributed by atoms with E-state index in [1.807, 2.05) is 0 Å². The highest BCUT2D eigenvalue weighted by Crippen LogP contribution is 2.23. The van der Waals surface area contributed by atoms with Crippen molar-refractivity contribution in [2.75, 3.05) is 6.54 Å². The number of halogens is 1. The first-order valence-corrected chi connectivity index (χ1v) is 8.78. The van der Waals surface area contributed by atoms with Crippen LogP contribution in [0.15, 0.2) is 29.1 Å². The highest BCUT2D eigenvalue weighted by atomic mass is 19.1. The Balaban J connectivity index is 1.83. The van der Waals surface area contributed by atoms with Crippen LogP contribution in [0.4, 0.5) is 4.39 Å². The van der Waals surface area contributed by atoms with Crippen LogP contribution in [0.1, 0.15) is 53.6 Å². The van der Waals surface area contributed by atoms with Gasteiger partial charge in [-0.2, -0.15) is 0 Å². The Bertz CT molecular complexity index is 856. The van der Waals surface area contributed by atoms with E-state index in [2.05, 4.69) is 10.3 Å². The summed E-state index contributed by atoms with van der Waals surface area (Å²) in [6.07, 6.45) is 3.37. The number of aryl methyl sites for hydroxylation is 1. The SMILES string of the molecule is Cn1c(C2CCCCN2)nc(C(=O)CCc2ccc(F)cc2)c(O)c1=O. The van der Waals surface area contributed by atoms with E-state index in [4.69, 9.17) is 0 Å². The van der Waals surface area contributed by atoms with Gasteiger partial charge < -0.3 is 10.4 Å². The number of carbonyl (C=O) groups excluding carboxylic acids is 1. The molecule has 1 aromatic carbocycles. The van der Waals surface area contributed by atoms with Crippen molar-refractivity contribution < 1.29 is 14.3 Å². The third-order valence-electron chi connectivity index (χ3n) is 4.74. The van der Waals surface area contributed by atoms with Gasteiger partial charge in [-0.15, -0.1) is 0 Å². The maximum absolute atomic E-state index is 13.0. The van der Waals surface area contributed by atoms with Gasteiger partial charge in [0.2, 0.25) is 5.75 Å². The smallest absolute Gasteiger partial charge is 0.296 e. The van der Waals surface area contributed by atoms with Crippen LogP contribution in [-0.2, 0) is 13.5 Å². The zero-order valence-corrected chi connectivity index (χ0v) is 14.7. The number of aromatic hydroxyl groups is 1. The van der Waals surface area contributed by atoms with Crippen LogP contribution < -0.4 is 10.9 Å². The van der Waals surface area contributed by atoms with E-state index in [0.717, 1.165) is 31.4 Å². The van der Waals surface area contributed by atoms with Crippen molar-refractivity contribution >= 4 is 5.78 Å². The molecule has 0 bridgehead atoms. The van der Waals surface area contributed by atoms with Gasteiger partial charge in [0.1, 0.15) is 11.6 Å². The number of hydrogen-bond acceptors (Lipinski definition) is 5. The summed E-state index contributed by atoms with van der Waals surface area (Å²) in [6, 6.07) is 5.78. The average Bonchev–Trinajstić information content (AvgIpc) is 2.66. The summed E-state index contributed by atoms with van der Waals surface area (Å²) >= 11 is 0. The lowest BCUT2D eigenvalue weighted by atomic mass is 10.0. The number of Topliss-reactive ketones (excluding diaryl/α,β-unsaturated/α-hetero) is 1. The standard InChI is InChI=1S/C19H22FN3O3/c1-23-18(14-4-2-3-11-21-14)22-16(17(25)19(23)26)15(24)10-7-12-5-8-13(20)9-6-12/h5-6,8-9,14,21,25H,2-4,7,10-11H2,1H3. The van der Waals surface area contributed by atoms with Gasteiger partial charge in [-0.1, -0.05) is 18.6 Å². The van der Waals surface area contributed by atoms with Crippen molar-refractivity contribution in [1.29, 1.82) is 0 Å². The maximum Gasteiger partial charge on any atom is 0.296 e. The molecule has 3 rings (SSSR count). The third-order valence-corrected chi connectivity index (χ3v) is 4.74. The molecule has 2 aromatic rings. The van der Waals surface area contributed by atoms with E-state index in [-0.39, 0.29) is 24.0 Å². The number of benzene rings is 1. The van der Waals surface area contributed by atoms with Gasteiger partial charge in [0.05, 0.1) is 6.04 Å². The number of nitrogens with zero attached hydrogens (tertiary/aromatic N) is 2. The van der Waals surface area contributed by atoms with Gasteiger partial charge in [-0.05, 0) is 43.5 Å². The van der Waals surface area contributed by atoms with Crippen LogP contribution in [0, 0.1) is 5.82 Å². The number of hydrogen-bond donors (Lipinski definition) is 2. The summed E-state index contributed by atoms with van der Waals surface area (Å²) < 4.78 is 14.3. The topological polar surface area (TPSA) is 84.2 Å². The normalized spacial score (nSPS) is 17.2. The number of aromatic nitrogens is 2. The van der Waals surface area contributed by atoms with E-state index in [1.165, 1.54) is 16.7 Å². The molecule has 0 saturated carbocycles. The zero-order valence-electron chi connectivity index (χ0n) is 14.7. The molecule has 1 aliphatic heterocycles. The van der Waals surface area contributed by atoms with Gasteiger partial charge >= 0.3 is 0 Å². The minimum atomic E-state index is -0.618. The van der Waals surface area contributed by atoms with Gasteiger partial charge in [-0.3, -0.25) is 14.2 Å². The van der Waals surface area contributed by atoms with E-state index in [0.29, 0.717) is 12.2 Å². The molecule has 1 fully saturated rings. The van der Waals surface area contributed by atoms with E-state index in [9.17, 15) is 19.1 Å². The fourth-order valence-corrected chi connectivity index (χ4v) is 3.21. The van der Waals surface area contributed by atoms with Crippen LogP contribution in [0.3, 0.4) is 0 Å². The molecule has 0 spiro atoms. The second-order valence-corrected chi connectivity index (χ2v) is 6.58. The van der Waals surface area contributed by atoms with Crippen LogP contribution in [-0.4, -0.2) is 27.0 Å². The Hall–Kier alpha value is -2.54. The van der Waals surface area contributed by atoms with Gasteiger partial charge in [-0.25, -0.2) is 9.37 Å². The van der Waals surface area contributed by atoms with Crippen LogP contribution in [0.2, 0.25) is 0 Å². The second-order valence-electron chi connectivity index (χ2n) is 6.58. The Morgan fingerprint density at radius 3 is 2.73 bits per heavy atom. The number of piperidine rings is 1. The molecule has 0 aliphatic carbocycles. The molecule has 2 heterocycles. The molecule has 1 unspecified atom stereocenters. The molecular formula is C19H22FN3O3. The van der Waals surface area contributed by atoms with E-state index in [1.54, 1.807) is 19.2 Å². The molecule has 138 valence electrons. The highest BCUT2D eigenvalue weighted by molar-refractivity contribution is 5.96. The number of ketones is 1. The first-order chi connectivity index (χ1) is 12.5. The van der Waals surface area contributed by atoms with E-state index >= 15 is 0 Å². The van der Waals surface area contributed by atoms with Crippen molar-refractivity contribution in [3.05, 3.63) is 57.5 Å². The first-order valence-electron chi connectivity index (χ1n) is 8.78. The molecule has 7 heteroatoms. The Kier molecular flexibility index (Phi) is 5.46. The third kappa shape index (κ3) is 3.83. The lowest BCUT2D eigenvalue weighted by Gasteiger charge is -2.25. The monoisotopic (exact) mass is 359 g/mol. The summed E-state index contributed by atoms with van der Waals surface area (Å²) in [5.41, 5.74) is 0.00216. The number of nitrogens with one attached hydrogen (secondary N) is 1. The van der Waals surface area contributed by atoms with Gasteiger partial charge in [0, 0.05) is 13.5 Å². The van der Waals surface area contributed by atoms with Crippen molar-refractivity contribution in [2.24, 2.45) is 7.05 Å². The quantitative estimate of drug-likeness (QED) is 0.800. The fraction of sp³-hybridized carbons (Fsp3) is 0.421. The Labute approximate surface area is 150 Å². The molecule has 0 radical (unpaired) electrons. The summed E-state index contributed by atoms with van der Waals surface area (Å²) in [5, 5.41) is 13.4. The van der Waals surface area contributed by atoms with Gasteiger partial charge in [0.15, 0.2) is 11.5 Å². The average molecular weight is 359 g/mol. The molecular weight excluding hydrogens is 337 g/mol. The summed E-state index contributed by atoms with van der Waals surface area (Å²) in [5.74, 6) is -0.883. The lowest BCUT2D eigenvalue weighted by Crippen LogP contribution is -2.34. The predicted molar refractivity (Wildman–Crippen MR) is 94.8 cm³/mol. The minimum Gasteiger partial charge on any atom is -0.501 e. The summed E-state index contributed by atoms with van der Waals surface area (Å²) in [4.78, 5) is 29.2. The van der Waals surface area contributed by atoms with Crippen molar-refractivity contribution in [3.63, 3.8) is 0 Å². The predicted octanol–water partition coefficient (Wildman–Crippen LogP) is 2.26. The Morgan fingerprint density at radius 1 is 1.35 bits per heavy atom. The maximum atomic E-state index is 13.0. The van der Waals surface area contributed by atoms with Crippen molar-refractivity contribution in [1.82, 2.24) is 14.9 Å².